The summed E-state index contributed by atoms with van der Waals surface area (Å²) in [4.78, 5) is 18.0. The van der Waals surface area contributed by atoms with Gasteiger partial charge < -0.3 is 0 Å². The Bertz CT molecular complexity index is 894. The summed E-state index contributed by atoms with van der Waals surface area (Å²) in [6, 6.07) is 9.51. The summed E-state index contributed by atoms with van der Waals surface area (Å²) in [5, 5.41) is 8.38. The molecule has 4 rings (SSSR count). The van der Waals surface area contributed by atoms with Gasteiger partial charge in [0, 0.05) is 19.0 Å². The van der Waals surface area contributed by atoms with Gasteiger partial charge in [0.2, 0.25) is 0 Å². The van der Waals surface area contributed by atoms with Gasteiger partial charge in [-0.1, -0.05) is 18.6 Å². The third-order valence-corrected chi connectivity index (χ3v) is 4.88. The minimum atomic E-state index is 0.439. The molecule has 6 nitrogen and oxygen atoms in total. The van der Waals surface area contributed by atoms with Crippen molar-refractivity contribution in [2.45, 2.75) is 25.8 Å². The predicted molar refractivity (Wildman–Crippen MR) is 98.5 cm³/mol. The molecule has 3 aromatic rings. The minimum absolute atomic E-state index is 0.439. The molecule has 3 heterocycles. The number of pyridine rings is 1. The molecule has 25 heavy (non-hydrogen) atoms. The average Bonchev–Trinajstić information content (AvgIpc) is 3.03. The van der Waals surface area contributed by atoms with Crippen molar-refractivity contribution in [1.82, 2.24) is 19.7 Å². The molecule has 1 aliphatic heterocycles. The number of hydrogen-bond acceptors (Lipinski definition) is 5. The van der Waals surface area contributed by atoms with Crippen LogP contribution in [0.1, 0.15) is 25.0 Å². The first-order valence-corrected chi connectivity index (χ1v) is 8.72. The summed E-state index contributed by atoms with van der Waals surface area (Å²) in [5.41, 5.74) is 4.54. The Morgan fingerprint density at radius 3 is 2.60 bits per heavy atom. The van der Waals surface area contributed by atoms with Crippen molar-refractivity contribution in [2.24, 2.45) is 12.2 Å². The van der Waals surface area contributed by atoms with Crippen LogP contribution in [0.15, 0.2) is 41.7 Å². The van der Waals surface area contributed by atoms with Gasteiger partial charge >= 0.3 is 0 Å². The van der Waals surface area contributed by atoms with Crippen LogP contribution in [0.25, 0.3) is 22.2 Å². The number of rotatable bonds is 4. The van der Waals surface area contributed by atoms with E-state index in [1.807, 2.05) is 30.1 Å². The van der Waals surface area contributed by atoms with Crippen LogP contribution >= 0.6 is 0 Å². The molecule has 0 radical (unpaired) electrons. The normalized spacial score (nSPS) is 15.6. The number of hydrogen-bond donors (Lipinski definition) is 0. The zero-order valence-electron chi connectivity index (χ0n) is 14.4. The van der Waals surface area contributed by atoms with E-state index in [4.69, 9.17) is 4.98 Å². The number of fused-ring (bicyclic) bond motifs is 1. The number of nitroso groups, excluding NO2 is 1. The van der Waals surface area contributed by atoms with E-state index in [1.165, 1.54) is 19.3 Å². The summed E-state index contributed by atoms with van der Waals surface area (Å²) in [6.45, 7) is 3.14. The van der Waals surface area contributed by atoms with Gasteiger partial charge in [0.15, 0.2) is 5.65 Å². The van der Waals surface area contributed by atoms with Crippen molar-refractivity contribution in [3.8, 4) is 11.1 Å². The number of aryl methyl sites for hydroxylation is 1. The number of piperidine rings is 1. The fraction of sp³-hybridized carbons (Fsp3) is 0.368. The zero-order chi connectivity index (χ0) is 17.2. The maximum absolute atomic E-state index is 10.7. The number of likely N-dealkylation sites (tertiary alicyclic amines) is 1. The number of aromatic nitrogens is 3. The standard InChI is InChI=1S/C19H21N5O/c1-23-19-18(12-20-23)17(14-5-7-15(22-25)8-6-14)11-16(21-19)13-24-9-3-2-4-10-24/h5-8,11-12H,2-4,9-10,13H2,1H3. The second-order valence-corrected chi connectivity index (χ2v) is 6.64. The van der Waals surface area contributed by atoms with Crippen LogP contribution < -0.4 is 0 Å². The van der Waals surface area contributed by atoms with E-state index in [9.17, 15) is 4.91 Å². The largest absolute Gasteiger partial charge is 0.298 e. The summed E-state index contributed by atoms with van der Waals surface area (Å²) >= 11 is 0. The molecule has 2 aromatic heterocycles. The Morgan fingerprint density at radius 1 is 1.12 bits per heavy atom. The lowest BCUT2D eigenvalue weighted by atomic mass is 10.0. The molecule has 1 saturated heterocycles. The highest BCUT2D eigenvalue weighted by Crippen LogP contribution is 2.30. The van der Waals surface area contributed by atoms with E-state index in [2.05, 4.69) is 21.2 Å². The highest BCUT2D eigenvalue weighted by Gasteiger charge is 2.15. The van der Waals surface area contributed by atoms with Crippen LogP contribution in [0.3, 0.4) is 0 Å². The first-order valence-electron chi connectivity index (χ1n) is 8.72. The molecule has 0 N–H and O–H groups in total. The minimum Gasteiger partial charge on any atom is -0.298 e. The first-order chi connectivity index (χ1) is 12.2. The molecule has 128 valence electrons. The van der Waals surface area contributed by atoms with Crippen molar-refractivity contribution in [1.29, 1.82) is 0 Å². The smallest absolute Gasteiger partial charge is 0.158 e. The first kappa shape index (κ1) is 15.9. The average molecular weight is 335 g/mol. The molecule has 1 aliphatic rings. The van der Waals surface area contributed by atoms with Gasteiger partial charge in [-0.25, -0.2) is 4.98 Å². The van der Waals surface area contributed by atoms with Crippen LogP contribution in [0.4, 0.5) is 5.69 Å². The number of nitrogens with zero attached hydrogens (tertiary/aromatic N) is 5. The molecule has 0 bridgehead atoms. The van der Waals surface area contributed by atoms with E-state index in [0.29, 0.717) is 5.69 Å². The zero-order valence-corrected chi connectivity index (χ0v) is 14.4. The Hall–Kier alpha value is -2.60. The Balaban J connectivity index is 1.76. The quantitative estimate of drug-likeness (QED) is 0.676. The van der Waals surface area contributed by atoms with Gasteiger partial charge in [-0.3, -0.25) is 9.58 Å². The summed E-state index contributed by atoms with van der Waals surface area (Å²) in [6.07, 6.45) is 5.71. The molecule has 0 aliphatic carbocycles. The summed E-state index contributed by atoms with van der Waals surface area (Å²) in [7, 11) is 1.92. The monoisotopic (exact) mass is 335 g/mol. The van der Waals surface area contributed by atoms with Crippen molar-refractivity contribution < 1.29 is 0 Å². The molecule has 0 amide bonds. The van der Waals surface area contributed by atoms with Gasteiger partial charge in [-0.2, -0.15) is 5.10 Å². The predicted octanol–water partition coefficient (Wildman–Crippen LogP) is 4.02. The van der Waals surface area contributed by atoms with E-state index in [0.717, 1.165) is 47.5 Å². The molecule has 0 saturated carbocycles. The molecule has 1 aromatic carbocycles. The summed E-state index contributed by atoms with van der Waals surface area (Å²) < 4.78 is 1.82. The van der Waals surface area contributed by atoms with Crippen LogP contribution in [0, 0.1) is 4.91 Å². The molecule has 1 fully saturated rings. The molecule has 0 spiro atoms. The van der Waals surface area contributed by atoms with Gasteiger partial charge in [0.1, 0.15) is 5.69 Å². The topological polar surface area (TPSA) is 63.4 Å². The van der Waals surface area contributed by atoms with E-state index < -0.39 is 0 Å². The van der Waals surface area contributed by atoms with E-state index in [-0.39, 0.29) is 0 Å². The van der Waals surface area contributed by atoms with Gasteiger partial charge in [0.25, 0.3) is 0 Å². The lowest BCUT2D eigenvalue weighted by Gasteiger charge is -2.26. The Kier molecular flexibility index (Phi) is 4.28. The van der Waals surface area contributed by atoms with Crippen LogP contribution in [-0.4, -0.2) is 32.8 Å². The lowest BCUT2D eigenvalue weighted by molar-refractivity contribution is 0.218. The molecular formula is C19H21N5O. The summed E-state index contributed by atoms with van der Waals surface area (Å²) in [5.74, 6) is 0. The molecule has 0 atom stereocenters. The highest BCUT2D eigenvalue weighted by molar-refractivity contribution is 5.93. The number of benzene rings is 1. The molecular weight excluding hydrogens is 314 g/mol. The Morgan fingerprint density at radius 2 is 1.88 bits per heavy atom. The fourth-order valence-electron chi connectivity index (χ4n) is 3.53. The lowest BCUT2D eigenvalue weighted by Crippen LogP contribution is -2.29. The maximum Gasteiger partial charge on any atom is 0.158 e. The highest BCUT2D eigenvalue weighted by atomic mass is 16.3. The van der Waals surface area contributed by atoms with Crippen LogP contribution in [0.5, 0.6) is 0 Å². The van der Waals surface area contributed by atoms with E-state index in [1.54, 1.807) is 12.1 Å². The molecule has 0 unspecified atom stereocenters. The second-order valence-electron chi connectivity index (χ2n) is 6.64. The molecule has 6 heteroatoms. The van der Waals surface area contributed by atoms with Gasteiger partial charge in [0.05, 0.1) is 11.9 Å². The van der Waals surface area contributed by atoms with Crippen LogP contribution in [-0.2, 0) is 13.6 Å². The second kappa shape index (κ2) is 6.72. The fourth-order valence-corrected chi connectivity index (χ4v) is 3.53. The van der Waals surface area contributed by atoms with Crippen molar-refractivity contribution in [3.05, 3.63) is 47.1 Å². The van der Waals surface area contributed by atoms with Crippen molar-refractivity contribution in [3.63, 3.8) is 0 Å². The van der Waals surface area contributed by atoms with E-state index >= 15 is 0 Å². The van der Waals surface area contributed by atoms with Crippen LogP contribution in [0.2, 0.25) is 0 Å². The Labute approximate surface area is 146 Å². The van der Waals surface area contributed by atoms with Crippen molar-refractivity contribution >= 4 is 16.7 Å². The SMILES string of the molecule is Cn1ncc2c(-c3ccc(N=O)cc3)cc(CN3CCCCC3)nc21. The van der Waals surface area contributed by atoms with Gasteiger partial charge in [-0.05, 0) is 60.4 Å². The van der Waals surface area contributed by atoms with Crippen molar-refractivity contribution in [2.75, 3.05) is 13.1 Å². The maximum atomic E-state index is 10.7. The third-order valence-electron chi connectivity index (χ3n) is 4.88. The van der Waals surface area contributed by atoms with Gasteiger partial charge in [-0.15, -0.1) is 4.91 Å². The third kappa shape index (κ3) is 3.17.